The lowest BCUT2D eigenvalue weighted by atomic mass is 10.1. The van der Waals surface area contributed by atoms with Crippen LogP contribution in [-0.2, 0) is 17.6 Å². The number of nitrogens with zero attached hydrogens (tertiary/aromatic N) is 2. The Bertz CT molecular complexity index is 583. The number of nitrogens with one attached hydrogen (secondary N) is 1. The first-order valence-electron chi connectivity index (χ1n) is 6.49. The van der Waals surface area contributed by atoms with E-state index in [-0.39, 0.29) is 18.3 Å². The van der Waals surface area contributed by atoms with E-state index >= 15 is 0 Å². The van der Waals surface area contributed by atoms with E-state index in [1.807, 2.05) is 12.1 Å². The molecule has 3 N–H and O–H groups in total. The van der Waals surface area contributed by atoms with Crippen LogP contribution in [0.3, 0.4) is 0 Å². The van der Waals surface area contributed by atoms with Gasteiger partial charge in [-0.25, -0.2) is 0 Å². The van der Waals surface area contributed by atoms with Gasteiger partial charge in [-0.1, -0.05) is 37.3 Å². The van der Waals surface area contributed by atoms with Gasteiger partial charge in [0.25, 0.3) is 0 Å². The minimum Gasteiger partial charge on any atom is -0.399 e. The maximum absolute atomic E-state index is 11.9. The number of hydrogen-bond acceptors (Lipinski definition) is 5. The van der Waals surface area contributed by atoms with E-state index in [4.69, 9.17) is 5.73 Å². The Morgan fingerprint density at radius 1 is 1.29 bits per heavy atom. The molecule has 1 amide bonds. The third-order valence-corrected chi connectivity index (χ3v) is 3.50. The summed E-state index contributed by atoms with van der Waals surface area (Å²) in [6.07, 6.45) is 1.19. The lowest BCUT2D eigenvalue weighted by Gasteiger charge is -2.02. The predicted octanol–water partition coefficient (Wildman–Crippen LogP) is 2.92. The van der Waals surface area contributed by atoms with Crippen LogP contribution in [0.5, 0.6) is 0 Å². The molecule has 0 fully saturated rings. The number of aromatic nitrogens is 2. The molecular formula is C14H19ClN4OS. The van der Waals surface area contributed by atoms with Gasteiger partial charge in [0.15, 0.2) is 0 Å². The second-order valence-corrected chi connectivity index (χ2v) is 6.13. The van der Waals surface area contributed by atoms with Gasteiger partial charge in [-0.3, -0.25) is 4.79 Å². The number of nitrogens with two attached hydrogens (primary N) is 1. The molecule has 0 saturated heterocycles. The van der Waals surface area contributed by atoms with Crippen LogP contribution in [0.25, 0.3) is 0 Å². The van der Waals surface area contributed by atoms with Crippen LogP contribution in [0.15, 0.2) is 24.3 Å². The van der Waals surface area contributed by atoms with E-state index < -0.39 is 0 Å². The van der Waals surface area contributed by atoms with E-state index in [0.29, 0.717) is 23.2 Å². The highest BCUT2D eigenvalue weighted by molar-refractivity contribution is 7.15. The molecule has 21 heavy (non-hydrogen) atoms. The van der Waals surface area contributed by atoms with Crippen molar-refractivity contribution in [3.63, 3.8) is 0 Å². The Hall–Kier alpha value is -1.66. The summed E-state index contributed by atoms with van der Waals surface area (Å²) in [5.74, 6) is 0.434. The van der Waals surface area contributed by atoms with Crippen LogP contribution < -0.4 is 11.1 Å². The summed E-state index contributed by atoms with van der Waals surface area (Å²) in [4.78, 5) is 11.9. The van der Waals surface area contributed by atoms with Gasteiger partial charge in [0, 0.05) is 12.1 Å². The van der Waals surface area contributed by atoms with E-state index in [0.717, 1.165) is 17.0 Å². The summed E-state index contributed by atoms with van der Waals surface area (Å²) in [6, 6.07) is 7.26. The maximum atomic E-state index is 11.9. The Labute approximate surface area is 134 Å². The van der Waals surface area contributed by atoms with Gasteiger partial charge in [-0.2, -0.15) is 0 Å². The van der Waals surface area contributed by atoms with Gasteiger partial charge in [0.2, 0.25) is 11.0 Å². The second kappa shape index (κ2) is 7.95. The first kappa shape index (κ1) is 17.4. The molecule has 0 spiro atoms. The van der Waals surface area contributed by atoms with E-state index in [2.05, 4.69) is 29.4 Å². The molecule has 5 nitrogen and oxygen atoms in total. The Balaban J connectivity index is 0.00000220. The average Bonchev–Trinajstić information content (AvgIpc) is 2.78. The van der Waals surface area contributed by atoms with Crippen LogP contribution in [0.2, 0.25) is 0 Å². The predicted molar refractivity (Wildman–Crippen MR) is 88.9 cm³/mol. The molecule has 1 heterocycles. The van der Waals surface area contributed by atoms with Gasteiger partial charge < -0.3 is 11.1 Å². The molecule has 1 aromatic carbocycles. The molecule has 2 rings (SSSR count). The molecule has 1 aromatic heterocycles. The number of anilines is 2. The molecule has 0 radical (unpaired) electrons. The number of amides is 1. The van der Waals surface area contributed by atoms with Crippen molar-refractivity contribution < 1.29 is 4.79 Å². The number of carbonyl (C=O) groups excluding carboxylic acids is 1. The number of carbonyl (C=O) groups is 1. The van der Waals surface area contributed by atoms with E-state index in [1.54, 1.807) is 12.1 Å². The summed E-state index contributed by atoms with van der Waals surface area (Å²) >= 11 is 1.43. The minimum atomic E-state index is -0.0954. The molecule has 7 heteroatoms. The monoisotopic (exact) mass is 326 g/mol. The van der Waals surface area contributed by atoms with Crippen molar-refractivity contribution in [3.8, 4) is 0 Å². The van der Waals surface area contributed by atoms with Crippen LogP contribution in [0.4, 0.5) is 10.8 Å². The first-order valence-corrected chi connectivity index (χ1v) is 7.31. The lowest BCUT2D eigenvalue weighted by molar-refractivity contribution is -0.115. The average molecular weight is 327 g/mol. The molecule has 0 atom stereocenters. The standard InChI is InChI=1S/C14H18N4OS.ClH/c1-9(2)7-13-17-18-14(20-13)16-12(19)8-10-3-5-11(15)6-4-10;/h3-6,9H,7-8,15H2,1-2H3,(H,16,18,19);1H. The van der Waals surface area contributed by atoms with Gasteiger partial charge in [0.1, 0.15) is 5.01 Å². The Kier molecular flexibility index (Phi) is 6.58. The fourth-order valence-electron chi connectivity index (χ4n) is 1.72. The highest BCUT2D eigenvalue weighted by atomic mass is 35.5. The Morgan fingerprint density at radius 2 is 1.95 bits per heavy atom. The van der Waals surface area contributed by atoms with Gasteiger partial charge in [-0.05, 0) is 23.6 Å². The summed E-state index contributed by atoms with van der Waals surface area (Å²) in [7, 11) is 0. The fourth-order valence-corrected chi connectivity index (χ4v) is 2.69. The third kappa shape index (κ3) is 5.69. The topological polar surface area (TPSA) is 80.9 Å². The zero-order valence-electron chi connectivity index (χ0n) is 12.0. The lowest BCUT2D eigenvalue weighted by Crippen LogP contribution is -2.14. The van der Waals surface area contributed by atoms with Crippen LogP contribution in [-0.4, -0.2) is 16.1 Å². The van der Waals surface area contributed by atoms with Crippen molar-refractivity contribution in [2.45, 2.75) is 26.7 Å². The van der Waals surface area contributed by atoms with Crippen molar-refractivity contribution in [1.82, 2.24) is 10.2 Å². The molecular weight excluding hydrogens is 308 g/mol. The summed E-state index contributed by atoms with van der Waals surface area (Å²) in [6.45, 7) is 4.25. The van der Waals surface area contributed by atoms with E-state index in [9.17, 15) is 4.79 Å². The van der Waals surface area contributed by atoms with Crippen LogP contribution in [0.1, 0.15) is 24.4 Å². The SMILES string of the molecule is CC(C)Cc1nnc(NC(=O)Cc2ccc(N)cc2)s1.Cl. The number of hydrogen-bond donors (Lipinski definition) is 2. The number of rotatable bonds is 5. The number of halogens is 1. The molecule has 0 saturated carbocycles. The quantitative estimate of drug-likeness (QED) is 0.828. The highest BCUT2D eigenvalue weighted by Crippen LogP contribution is 2.18. The van der Waals surface area contributed by atoms with Crippen LogP contribution >= 0.6 is 23.7 Å². The molecule has 2 aromatic rings. The van der Waals surface area contributed by atoms with Crippen molar-refractivity contribution in [3.05, 3.63) is 34.8 Å². The molecule has 0 bridgehead atoms. The zero-order valence-corrected chi connectivity index (χ0v) is 13.6. The van der Waals surface area contributed by atoms with Crippen molar-refractivity contribution in [1.29, 1.82) is 0 Å². The maximum Gasteiger partial charge on any atom is 0.230 e. The smallest absolute Gasteiger partial charge is 0.230 e. The largest absolute Gasteiger partial charge is 0.399 e. The molecule has 0 aliphatic carbocycles. The Morgan fingerprint density at radius 3 is 2.57 bits per heavy atom. The van der Waals surface area contributed by atoms with Gasteiger partial charge >= 0.3 is 0 Å². The van der Waals surface area contributed by atoms with Crippen molar-refractivity contribution in [2.24, 2.45) is 5.92 Å². The zero-order chi connectivity index (χ0) is 14.5. The number of benzene rings is 1. The first-order chi connectivity index (χ1) is 9.52. The third-order valence-electron chi connectivity index (χ3n) is 2.64. The normalized spacial score (nSPS) is 10.2. The highest BCUT2D eigenvalue weighted by Gasteiger charge is 2.09. The second-order valence-electron chi connectivity index (χ2n) is 5.07. The number of nitrogen functional groups attached to an aromatic ring is 1. The summed E-state index contributed by atoms with van der Waals surface area (Å²) in [5, 5.41) is 12.3. The van der Waals surface area contributed by atoms with Crippen LogP contribution in [0, 0.1) is 5.92 Å². The van der Waals surface area contributed by atoms with Gasteiger partial charge in [0.05, 0.1) is 6.42 Å². The summed E-state index contributed by atoms with van der Waals surface area (Å²) < 4.78 is 0. The summed E-state index contributed by atoms with van der Waals surface area (Å²) in [5.41, 5.74) is 7.22. The fraction of sp³-hybridized carbons (Fsp3) is 0.357. The van der Waals surface area contributed by atoms with Crippen molar-refractivity contribution in [2.75, 3.05) is 11.1 Å². The van der Waals surface area contributed by atoms with Gasteiger partial charge in [-0.15, -0.1) is 22.6 Å². The van der Waals surface area contributed by atoms with E-state index in [1.165, 1.54) is 11.3 Å². The van der Waals surface area contributed by atoms with Crippen molar-refractivity contribution >= 4 is 40.5 Å². The molecule has 0 unspecified atom stereocenters. The molecule has 0 aliphatic heterocycles. The molecule has 0 aliphatic rings. The molecule has 114 valence electrons. The minimum absolute atomic E-state index is 0.